The van der Waals surface area contributed by atoms with Gasteiger partial charge < -0.3 is 15.1 Å². The first-order chi connectivity index (χ1) is 11.6. The van der Waals surface area contributed by atoms with Crippen molar-refractivity contribution >= 4 is 30.7 Å². The molecule has 7 nitrogen and oxygen atoms in total. The van der Waals surface area contributed by atoms with E-state index in [-0.39, 0.29) is 30.7 Å². The third-order valence-electron chi connectivity index (χ3n) is 5.39. The lowest BCUT2D eigenvalue weighted by Crippen LogP contribution is -2.40. The van der Waals surface area contributed by atoms with E-state index >= 15 is 0 Å². The Morgan fingerprint density at radius 1 is 1.27 bits per heavy atom. The lowest BCUT2D eigenvalue weighted by Gasteiger charge is -2.32. The molecule has 3 heterocycles. The smallest absolute Gasteiger partial charge is 0.276 e. The highest BCUT2D eigenvalue weighted by molar-refractivity contribution is 5.93. The minimum Gasteiger partial charge on any atom is -0.340 e. The van der Waals surface area contributed by atoms with Crippen LogP contribution < -0.4 is 5.32 Å². The number of amides is 1. The average molecular weight is 407 g/mol. The van der Waals surface area contributed by atoms with E-state index in [9.17, 15) is 4.79 Å². The minimum absolute atomic E-state index is 0. The second kappa shape index (κ2) is 10.4. The van der Waals surface area contributed by atoms with E-state index in [1.54, 1.807) is 0 Å². The van der Waals surface area contributed by atoms with Crippen molar-refractivity contribution in [2.75, 3.05) is 46.8 Å². The van der Waals surface area contributed by atoms with Crippen molar-refractivity contribution in [1.29, 1.82) is 0 Å². The van der Waals surface area contributed by atoms with Crippen LogP contribution in [0.15, 0.2) is 0 Å². The van der Waals surface area contributed by atoms with Crippen LogP contribution >= 0.6 is 24.8 Å². The summed E-state index contributed by atoms with van der Waals surface area (Å²) in [6.45, 7) is 7.00. The Balaban J connectivity index is 0.00000169. The zero-order valence-corrected chi connectivity index (χ0v) is 17.6. The fourth-order valence-electron chi connectivity index (χ4n) is 4.01. The molecule has 0 bridgehead atoms. The van der Waals surface area contributed by atoms with Crippen LogP contribution in [0.3, 0.4) is 0 Å². The van der Waals surface area contributed by atoms with Gasteiger partial charge in [0.15, 0.2) is 5.69 Å². The SMILES string of the molecule is Cc1c(C(=O)N(C)CC2CCCN(C)C2)nnn1C1CCNCC1.Cl.Cl. The van der Waals surface area contributed by atoms with E-state index in [2.05, 4.69) is 27.6 Å². The predicted octanol–water partition coefficient (Wildman–Crippen LogP) is 1.77. The van der Waals surface area contributed by atoms with Gasteiger partial charge >= 0.3 is 0 Å². The van der Waals surface area contributed by atoms with Gasteiger partial charge in [-0.1, -0.05) is 5.21 Å². The minimum atomic E-state index is 0. The number of carbonyl (C=O) groups excluding carboxylic acids is 1. The number of hydrogen-bond donors (Lipinski definition) is 1. The standard InChI is InChI=1S/C17H30N6O.2ClH/c1-13-16(19-20-23(13)15-6-8-18-9-7-15)17(24)22(3)12-14-5-4-10-21(2)11-14;;/h14-15,18H,4-12H2,1-3H3;2*1H. The molecule has 2 aliphatic heterocycles. The van der Waals surface area contributed by atoms with Crippen LogP contribution in [-0.2, 0) is 0 Å². The van der Waals surface area contributed by atoms with Gasteiger partial charge in [-0.2, -0.15) is 0 Å². The number of nitrogens with one attached hydrogen (secondary N) is 1. The molecule has 3 rings (SSSR count). The molecule has 0 aromatic carbocycles. The molecule has 26 heavy (non-hydrogen) atoms. The number of rotatable bonds is 4. The topological polar surface area (TPSA) is 66.3 Å². The summed E-state index contributed by atoms with van der Waals surface area (Å²) >= 11 is 0. The van der Waals surface area contributed by atoms with E-state index in [0.717, 1.165) is 51.3 Å². The first-order valence-electron chi connectivity index (χ1n) is 9.12. The second-order valence-corrected chi connectivity index (χ2v) is 7.41. The molecular formula is C17H32Cl2N6O. The molecule has 0 spiro atoms. The number of halogens is 2. The van der Waals surface area contributed by atoms with Gasteiger partial charge in [0.1, 0.15) is 0 Å². The molecular weight excluding hydrogens is 375 g/mol. The molecule has 150 valence electrons. The van der Waals surface area contributed by atoms with E-state index < -0.39 is 0 Å². The first-order valence-corrected chi connectivity index (χ1v) is 9.12. The first kappa shape index (κ1) is 23.1. The van der Waals surface area contributed by atoms with Crippen LogP contribution in [0.5, 0.6) is 0 Å². The van der Waals surface area contributed by atoms with E-state index in [1.807, 2.05) is 23.6 Å². The van der Waals surface area contributed by atoms with Gasteiger partial charge in [-0.3, -0.25) is 4.79 Å². The zero-order chi connectivity index (χ0) is 17.1. The summed E-state index contributed by atoms with van der Waals surface area (Å²) in [5.41, 5.74) is 1.42. The van der Waals surface area contributed by atoms with Gasteiger partial charge in [0.2, 0.25) is 0 Å². The lowest BCUT2D eigenvalue weighted by molar-refractivity contribution is 0.0734. The Morgan fingerprint density at radius 3 is 2.62 bits per heavy atom. The van der Waals surface area contributed by atoms with Gasteiger partial charge in [0.05, 0.1) is 11.7 Å². The molecule has 2 fully saturated rings. The number of hydrogen-bond acceptors (Lipinski definition) is 5. The van der Waals surface area contributed by atoms with Crippen molar-refractivity contribution in [2.24, 2.45) is 5.92 Å². The fourth-order valence-corrected chi connectivity index (χ4v) is 4.01. The van der Waals surface area contributed by atoms with Gasteiger partial charge in [0.25, 0.3) is 5.91 Å². The Morgan fingerprint density at radius 2 is 1.96 bits per heavy atom. The fraction of sp³-hybridized carbons (Fsp3) is 0.824. The van der Waals surface area contributed by atoms with Crippen LogP contribution in [0.25, 0.3) is 0 Å². The highest BCUT2D eigenvalue weighted by atomic mass is 35.5. The highest BCUT2D eigenvalue weighted by Gasteiger charge is 2.26. The third kappa shape index (κ3) is 5.31. The Labute approximate surface area is 168 Å². The summed E-state index contributed by atoms with van der Waals surface area (Å²) in [5, 5.41) is 11.9. The van der Waals surface area contributed by atoms with Gasteiger partial charge in [-0.25, -0.2) is 4.68 Å². The monoisotopic (exact) mass is 406 g/mol. The largest absolute Gasteiger partial charge is 0.340 e. The Hall–Kier alpha value is -0.890. The summed E-state index contributed by atoms with van der Waals surface area (Å²) in [6, 6.07) is 0.359. The molecule has 1 amide bonds. The highest BCUT2D eigenvalue weighted by Crippen LogP contribution is 2.21. The molecule has 9 heteroatoms. The Kier molecular flexibility index (Phi) is 9.30. The number of likely N-dealkylation sites (tertiary alicyclic amines) is 1. The number of piperidine rings is 2. The second-order valence-electron chi connectivity index (χ2n) is 7.41. The lowest BCUT2D eigenvalue weighted by atomic mass is 9.98. The number of aromatic nitrogens is 3. The Bertz CT molecular complexity index is 576. The summed E-state index contributed by atoms with van der Waals surface area (Å²) in [7, 11) is 4.04. The summed E-state index contributed by atoms with van der Waals surface area (Å²) in [5.74, 6) is 0.554. The van der Waals surface area contributed by atoms with Gasteiger partial charge in [-0.05, 0) is 65.2 Å². The van der Waals surface area contributed by atoms with Crippen molar-refractivity contribution in [3.8, 4) is 0 Å². The molecule has 0 aliphatic carbocycles. The van der Waals surface area contributed by atoms with Gasteiger partial charge in [0, 0.05) is 20.1 Å². The van der Waals surface area contributed by atoms with Crippen molar-refractivity contribution in [3.05, 3.63) is 11.4 Å². The summed E-state index contributed by atoms with van der Waals surface area (Å²) < 4.78 is 1.95. The number of nitrogens with zero attached hydrogens (tertiary/aromatic N) is 5. The quantitative estimate of drug-likeness (QED) is 0.824. The average Bonchev–Trinajstić information content (AvgIpc) is 2.96. The van der Waals surface area contributed by atoms with E-state index in [1.165, 1.54) is 12.8 Å². The van der Waals surface area contributed by atoms with Crippen LogP contribution in [0, 0.1) is 12.8 Å². The molecule has 2 aliphatic rings. The molecule has 0 radical (unpaired) electrons. The van der Waals surface area contributed by atoms with E-state index in [4.69, 9.17) is 0 Å². The molecule has 2 saturated heterocycles. The molecule has 0 saturated carbocycles. The molecule has 1 unspecified atom stereocenters. The van der Waals surface area contributed by atoms with Crippen molar-refractivity contribution in [2.45, 2.75) is 38.6 Å². The van der Waals surface area contributed by atoms with Gasteiger partial charge in [-0.15, -0.1) is 29.9 Å². The zero-order valence-electron chi connectivity index (χ0n) is 16.0. The van der Waals surface area contributed by atoms with Crippen molar-refractivity contribution in [3.63, 3.8) is 0 Å². The molecule has 1 atom stereocenters. The predicted molar refractivity (Wildman–Crippen MR) is 108 cm³/mol. The van der Waals surface area contributed by atoms with E-state index in [0.29, 0.717) is 17.7 Å². The van der Waals surface area contributed by atoms with Crippen LogP contribution in [0.4, 0.5) is 0 Å². The van der Waals surface area contributed by atoms with Crippen molar-refractivity contribution in [1.82, 2.24) is 30.1 Å². The maximum atomic E-state index is 12.8. The van der Waals surface area contributed by atoms with Crippen molar-refractivity contribution < 1.29 is 4.79 Å². The number of carbonyl (C=O) groups is 1. The van der Waals surface area contributed by atoms with Crippen LogP contribution in [0.1, 0.15) is 47.9 Å². The maximum Gasteiger partial charge on any atom is 0.276 e. The molecule has 1 N–H and O–H groups in total. The van der Waals surface area contributed by atoms with Crippen LogP contribution in [0.2, 0.25) is 0 Å². The maximum absolute atomic E-state index is 12.8. The summed E-state index contributed by atoms with van der Waals surface area (Å²) in [4.78, 5) is 17.0. The van der Waals surface area contributed by atoms with Crippen LogP contribution in [-0.4, -0.2) is 77.5 Å². The third-order valence-corrected chi connectivity index (χ3v) is 5.39. The summed E-state index contributed by atoms with van der Waals surface area (Å²) in [6.07, 6.45) is 4.50. The molecule has 1 aromatic heterocycles. The molecule has 1 aromatic rings. The normalized spacial score (nSPS) is 21.6.